The van der Waals surface area contributed by atoms with Gasteiger partial charge in [-0.15, -0.1) is 0 Å². The lowest BCUT2D eigenvalue weighted by Gasteiger charge is -2.29. The zero-order valence-electron chi connectivity index (χ0n) is 12.5. The Labute approximate surface area is 117 Å². The third-order valence-electron chi connectivity index (χ3n) is 3.69. The number of methoxy groups -OCH3 is 1. The predicted octanol–water partition coefficient (Wildman–Crippen LogP) is 2.26. The van der Waals surface area contributed by atoms with Crippen molar-refractivity contribution in [3.63, 3.8) is 0 Å². The van der Waals surface area contributed by atoms with Crippen molar-refractivity contribution in [3.8, 4) is 0 Å². The molecule has 0 radical (unpaired) electrons. The van der Waals surface area contributed by atoms with Crippen molar-refractivity contribution >= 4 is 5.78 Å². The minimum atomic E-state index is 0.313. The number of rotatable bonds is 9. The molecule has 1 aliphatic heterocycles. The van der Waals surface area contributed by atoms with Gasteiger partial charge in [0.2, 0.25) is 0 Å². The molecule has 1 aliphatic rings. The second kappa shape index (κ2) is 10.4. The standard InChI is InChI=1S/C15H29NO3/c1-14(17)13-15-7-4-3-5-8-16(15)9-6-10-19-12-11-18-2/h15H,3-13H2,1-2H3. The zero-order valence-corrected chi connectivity index (χ0v) is 12.5. The van der Waals surface area contributed by atoms with E-state index in [4.69, 9.17) is 9.47 Å². The van der Waals surface area contributed by atoms with E-state index in [0.29, 0.717) is 31.5 Å². The molecule has 0 aliphatic carbocycles. The largest absolute Gasteiger partial charge is 0.382 e. The number of ketones is 1. The molecule has 0 N–H and O–H groups in total. The number of carbonyl (C=O) groups is 1. The summed E-state index contributed by atoms with van der Waals surface area (Å²) >= 11 is 0. The van der Waals surface area contributed by atoms with E-state index in [0.717, 1.165) is 26.1 Å². The first-order valence-corrected chi connectivity index (χ1v) is 7.54. The third-order valence-corrected chi connectivity index (χ3v) is 3.69. The van der Waals surface area contributed by atoms with E-state index >= 15 is 0 Å². The summed E-state index contributed by atoms with van der Waals surface area (Å²) in [5.41, 5.74) is 0. The van der Waals surface area contributed by atoms with Crippen molar-refractivity contribution in [1.29, 1.82) is 0 Å². The lowest BCUT2D eigenvalue weighted by atomic mass is 10.0. The van der Waals surface area contributed by atoms with E-state index in [1.807, 2.05) is 0 Å². The van der Waals surface area contributed by atoms with Gasteiger partial charge < -0.3 is 9.47 Å². The smallest absolute Gasteiger partial charge is 0.131 e. The Morgan fingerprint density at radius 1 is 1.21 bits per heavy atom. The summed E-state index contributed by atoms with van der Waals surface area (Å²) in [6.07, 6.45) is 6.75. The minimum absolute atomic E-state index is 0.313. The van der Waals surface area contributed by atoms with Gasteiger partial charge in [0.15, 0.2) is 0 Å². The Morgan fingerprint density at radius 2 is 2.05 bits per heavy atom. The van der Waals surface area contributed by atoms with Crippen LogP contribution in [0.15, 0.2) is 0 Å². The molecule has 1 heterocycles. The quantitative estimate of drug-likeness (QED) is 0.603. The molecule has 1 atom stereocenters. The minimum Gasteiger partial charge on any atom is -0.382 e. The number of likely N-dealkylation sites (tertiary alicyclic amines) is 1. The molecule has 19 heavy (non-hydrogen) atoms. The fraction of sp³-hybridized carbons (Fsp3) is 0.933. The molecule has 4 nitrogen and oxygen atoms in total. The van der Waals surface area contributed by atoms with Gasteiger partial charge in [-0.2, -0.15) is 0 Å². The molecule has 1 rings (SSSR count). The molecule has 0 saturated carbocycles. The average Bonchev–Trinajstić information content (AvgIpc) is 2.59. The van der Waals surface area contributed by atoms with Gasteiger partial charge in [-0.25, -0.2) is 0 Å². The van der Waals surface area contributed by atoms with Gasteiger partial charge in [-0.1, -0.05) is 12.8 Å². The Bertz CT molecular complexity index is 246. The van der Waals surface area contributed by atoms with Crippen LogP contribution in [-0.2, 0) is 14.3 Å². The van der Waals surface area contributed by atoms with E-state index in [-0.39, 0.29) is 0 Å². The van der Waals surface area contributed by atoms with Crippen LogP contribution in [0.3, 0.4) is 0 Å². The number of ether oxygens (including phenoxy) is 2. The second-order valence-corrected chi connectivity index (χ2v) is 5.40. The van der Waals surface area contributed by atoms with Crippen molar-refractivity contribution in [2.24, 2.45) is 0 Å². The number of hydrogen-bond donors (Lipinski definition) is 0. The van der Waals surface area contributed by atoms with Crippen LogP contribution < -0.4 is 0 Å². The van der Waals surface area contributed by atoms with Gasteiger partial charge in [-0.3, -0.25) is 9.69 Å². The van der Waals surface area contributed by atoms with Crippen LogP contribution in [0.2, 0.25) is 0 Å². The van der Waals surface area contributed by atoms with Gasteiger partial charge in [0.1, 0.15) is 5.78 Å². The molecular formula is C15H29NO3. The van der Waals surface area contributed by atoms with E-state index < -0.39 is 0 Å². The molecule has 112 valence electrons. The maximum absolute atomic E-state index is 11.4. The fourth-order valence-corrected chi connectivity index (χ4v) is 2.71. The highest BCUT2D eigenvalue weighted by Crippen LogP contribution is 2.19. The topological polar surface area (TPSA) is 38.8 Å². The summed E-state index contributed by atoms with van der Waals surface area (Å²) in [4.78, 5) is 13.8. The second-order valence-electron chi connectivity index (χ2n) is 5.40. The molecule has 1 unspecified atom stereocenters. The Balaban J connectivity index is 2.23. The molecule has 0 amide bonds. The number of hydrogen-bond acceptors (Lipinski definition) is 4. The summed E-state index contributed by atoms with van der Waals surface area (Å²) in [5, 5.41) is 0. The Morgan fingerprint density at radius 3 is 2.79 bits per heavy atom. The monoisotopic (exact) mass is 271 g/mol. The highest BCUT2D eigenvalue weighted by Gasteiger charge is 2.21. The van der Waals surface area contributed by atoms with Gasteiger partial charge in [0, 0.05) is 32.7 Å². The highest BCUT2D eigenvalue weighted by molar-refractivity contribution is 5.76. The third kappa shape index (κ3) is 7.65. The van der Waals surface area contributed by atoms with Crippen molar-refractivity contribution in [3.05, 3.63) is 0 Å². The molecule has 0 aromatic carbocycles. The molecule has 0 aromatic rings. The molecule has 0 bridgehead atoms. The van der Waals surface area contributed by atoms with Gasteiger partial charge in [0.25, 0.3) is 0 Å². The molecular weight excluding hydrogens is 242 g/mol. The Kier molecular flexibility index (Phi) is 9.05. The molecule has 4 heteroatoms. The SMILES string of the molecule is COCCOCCCN1CCCCCC1CC(C)=O. The predicted molar refractivity (Wildman–Crippen MR) is 76.4 cm³/mol. The van der Waals surface area contributed by atoms with Gasteiger partial charge in [-0.05, 0) is 32.7 Å². The first-order valence-electron chi connectivity index (χ1n) is 7.54. The molecule has 0 spiro atoms. The zero-order chi connectivity index (χ0) is 13.9. The van der Waals surface area contributed by atoms with Crippen LogP contribution in [0.25, 0.3) is 0 Å². The van der Waals surface area contributed by atoms with E-state index in [9.17, 15) is 4.79 Å². The van der Waals surface area contributed by atoms with Gasteiger partial charge in [0.05, 0.1) is 13.2 Å². The lowest BCUT2D eigenvalue weighted by molar-refractivity contribution is -0.118. The number of nitrogens with zero attached hydrogens (tertiary/aromatic N) is 1. The van der Waals surface area contributed by atoms with Crippen LogP contribution in [0.1, 0.15) is 45.4 Å². The van der Waals surface area contributed by atoms with Crippen molar-refractivity contribution in [2.75, 3.05) is 40.0 Å². The van der Waals surface area contributed by atoms with Crippen molar-refractivity contribution < 1.29 is 14.3 Å². The summed E-state index contributed by atoms with van der Waals surface area (Å²) in [5.74, 6) is 0.313. The summed E-state index contributed by atoms with van der Waals surface area (Å²) in [7, 11) is 1.69. The first kappa shape index (κ1) is 16.6. The van der Waals surface area contributed by atoms with E-state index in [1.54, 1.807) is 14.0 Å². The summed E-state index contributed by atoms with van der Waals surface area (Å²) < 4.78 is 10.4. The maximum atomic E-state index is 11.4. The normalized spacial score (nSPS) is 21.3. The van der Waals surface area contributed by atoms with E-state index in [1.165, 1.54) is 25.7 Å². The highest BCUT2D eigenvalue weighted by atomic mass is 16.5. The van der Waals surface area contributed by atoms with Gasteiger partial charge >= 0.3 is 0 Å². The lowest BCUT2D eigenvalue weighted by Crippen LogP contribution is -2.37. The molecule has 1 fully saturated rings. The number of carbonyl (C=O) groups excluding carboxylic acids is 1. The summed E-state index contributed by atoms with van der Waals surface area (Å²) in [6.45, 7) is 6.01. The first-order chi connectivity index (χ1) is 9.24. The van der Waals surface area contributed by atoms with E-state index in [2.05, 4.69) is 4.90 Å². The van der Waals surface area contributed by atoms with Crippen LogP contribution in [0.5, 0.6) is 0 Å². The fourth-order valence-electron chi connectivity index (χ4n) is 2.71. The van der Waals surface area contributed by atoms with Crippen LogP contribution in [0, 0.1) is 0 Å². The van der Waals surface area contributed by atoms with Crippen LogP contribution >= 0.6 is 0 Å². The van der Waals surface area contributed by atoms with Crippen LogP contribution in [0.4, 0.5) is 0 Å². The molecule has 1 saturated heterocycles. The Hall–Kier alpha value is -0.450. The van der Waals surface area contributed by atoms with Crippen molar-refractivity contribution in [2.45, 2.75) is 51.5 Å². The van der Waals surface area contributed by atoms with Crippen molar-refractivity contribution in [1.82, 2.24) is 4.90 Å². The maximum Gasteiger partial charge on any atom is 0.131 e. The average molecular weight is 271 g/mol. The van der Waals surface area contributed by atoms with Crippen LogP contribution in [-0.4, -0.2) is 56.7 Å². The number of Topliss-reactive ketones (excluding diaryl/α,β-unsaturated/α-hetero) is 1. The molecule has 0 aromatic heterocycles. The summed E-state index contributed by atoms with van der Waals surface area (Å²) in [6, 6.07) is 0.457.